The number of phenolic OH excluding ortho intramolecular Hbond substituents is 1. The number of rotatable bonds is 7. The summed E-state index contributed by atoms with van der Waals surface area (Å²) >= 11 is 0. The zero-order valence-corrected chi connectivity index (χ0v) is 24.8. The van der Waals surface area contributed by atoms with Gasteiger partial charge >= 0.3 is 0 Å². The van der Waals surface area contributed by atoms with E-state index in [0.29, 0.717) is 17.1 Å². The fourth-order valence-corrected chi connectivity index (χ4v) is 7.31. The first-order valence-corrected chi connectivity index (χ1v) is 15.8. The SMILES string of the molecule is O=C1c2ccccc2C(c2ccc(O)cc2)(c2ccc(Oc3ccc(S(=O)(=O)c4ccccc4)cc3)cc2)N1c1ccccc1. The molecule has 1 unspecified atom stereocenters. The number of hydrogen-bond acceptors (Lipinski definition) is 5. The van der Waals surface area contributed by atoms with Gasteiger partial charge in [-0.15, -0.1) is 0 Å². The second kappa shape index (κ2) is 11.1. The maximum atomic E-state index is 14.1. The highest BCUT2D eigenvalue weighted by Gasteiger charge is 2.52. The molecule has 1 aliphatic heterocycles. The number of nitrogens with zero attached hydrogens (tertiary/aromatic N) is 1. The summed E-state index contributed by atoms with van der Waals surface area (Å²) in [5.74, 6) is 1.03. The Kier molecular flexibility index (Phi) is 6.95. The van der Waals surface area contributed by atoms with Crippen molar-refractivity contribution in [3.8, 4) is 17.2 Å². The minimum atomic E-state index is -3.64. The molecule has 6 aromatic rings. The summed E-state index contributed by atoms with van der Waals surface area (Å²) in [7, 11) is -3.64. The molecule has 0 aromatic heterocycles. The van der Waals surface area contributed by atoms with E-state index in [9.17, 15) is 18.3 Å². The van der Waals surface area contributed by atoms with Gasteiger partial charge < -0.3 is 9.84 Å². The van der Waals surface area contributed by atoms with Gasteiger partial charge in [-0.2, -0.15) is 0 Å². The van der Waals surface area contributed by atoms with Crippen molar-refractivity contribution in [2.45, 2.75) is 15.3 Å². The van der Waals surface area contributed by atoms with Crippen LogP contribution in [0.4, 0.5) is 5.69 Å². The molecule has 7 rings (SSSR count). The Balaban J connectivity index is 1.28. The van der Waals surface area contributed by atoms with Crippen molar-refractivity contribution in [3.63, 3.8) is 0 Å². The lowest BCUT2D eigenvalue weighted by atomic mass is 9.76. The van der Waals surface area contributed by atoms with Gasteiger partial charge in [0, 0.05) is 11.3 Å². The van der Waals surface area contributed by atoms with Crippen LogP contribution in [0.25, 0.3) is 0 Å². The number of fused-ring (bicyclic) bond motifs is 1. The maximum absolute atomic E-state index is 14.1. The lowest BCUT2D eigenvalue weighted by molar-refractivity contribution is 0.0986. The van der Waals surface area contributed by atoms with Crippen molar-refractivity contribution >= 4 is 21.4 Å². The molecule has 0 aliphatic carbocycles. The van der Waals surface area contributed by atoms with Gasteiger partial charge in [0.2, 0.25) is 9.84 Å². The number of sulfone groups is 1. The third-order valence-electron chi connectivity index (χ3n) is 8.08. The van der Waals surface area contributed by atoms with Crippen molar-refractivity contribution in [2.75, 3.05) is 4.90 Å². The van der Waals surface area contributed by atoms with Gasteiger partial charge in [0.25, 0.3) is 5.91 Å². The largest absolute Gasteiger partial charge is 0.508 e. The number of phenols is 1. The van der Waals surface area contributed by atoms with Crippen LogP contribution in [0.1, 0.15) is 27.0 Å². The van der Waals surface area contributed by atoms with Crippen LogP contribution < -0.4 is 9.64 Å². The Bertz CT molecular complexity index is 2100. The first kappa shape index (κ1) is 28.1. The molecule has 6 nitrogen and oxygen atoms in total. The van der Waals surface area contributed by atoms with Crippen molar-refractivity contribution in [1.82, 2.24) is 0 Å². The van der Waals surface area contributed by atoms with E-state index in [1.54, 1.807) is 54.6 Å². The molecule has 0 saturated carbocycles. The maximum Gasteiger partial charge on any atom is 0.260 e. The molecule has 6 aromatic carbocycles. The molecule has 1 aliphatic rings. The van der Waals surface area contributed by atoms with Gasteiger partial charge in [0.05, 0.1) is 9.79 Å². The predicted molar refractivity (Wildman–Crippen MR) is 173 cm³/mol. The summed E-state index contributed by atoms with van der Waals surface area (Å²) in [6, 6.07) is 46.3. The van der Waals surface area contributed by atoms with Crippen LogP contribution in [0.15, 0.2) is 168 Å². The number of carbonyl (C=O) groups excluding carboxylic acids is 1. The van der Waals surface area contributed by atoms with Gasteiger partial charge in [-0.05, 0) is 95.6 Å². The van der Waals surface area contributed by atoms with Crippen LogP contribution in [-0.2, 0) is 15.4 Å². The van der Waals surface area contributed by atoms with E-state index in [4.69, 9.17) is 4.74 Å². The van der Waals surface area contributed by atoms with Crippen LogP contribution in [0.5, 0.6) is 17.2 Å². The van der Waals surface area contributed by atoms with Gasteiger partial charge in [0.1, 0.15) is 22.8 Å². The summed E-state index contributed by atoms with van der Waals surface area (Å²) < 4.78 is 32.1. The van der Waals surface area contributed by atoms with E-state index in [2.05, 4.69) is 0 Å². The van der Waals surface area contributed by atoms with Crippen LogP contribution in [0.2, 0.25) is 0 Å². The Morgan fingerprint density at radius 3 is 1.67 bits per heavy atom. The highest BCUT2D eigenvalue weighted by atomic mass is 32.2. The number of ether oxygens (including phenoxy) is 1. The zero-order valence-electron chi connectivity index (χ0n) is 23.9. The van der Waals surface area contributed by atoms with E-state index >= 15 is 0 Å². The van der Waals surface area contributed by atoms with Gasteiger partial charge in [-0.3, -0.25) is 9.69 Å². The third kappa shape index (κ3) is 4.74. The van der Waals surface area contributed by atoms with Gasteiger partial charge in [-0.25, -0.2) is 8.42 Å². The minimum absolute atomic E-state index is 0.129. The predicted octanol–water partition coefficient (Wildman–Crippen LogP) is 7.97. The number of benzene rings is 6. The number of anilines is 1. The van der Waals surface area contributed by atoms with E-state index in [1.807, 2.05) is 95.9 Å². The molecular formula is C38H27NO5S. The molecule has 220 valence electrons. The smallest absolute Gasteiger partial charge is 0.260 e. The highest BCUT2D eigenvalue weighted by molar-refractivity contribution is 7.91. The molecule has 7 heteroatoms. The number of para-hydroxylation sites is 1. The summed E-state index contributed by atoms with van der Waals surface area (Å²) in [6.07, 6.45) is 0. The number of aromatic hydroxyl groups is 1. The van der Waals surface area contributed by atoms with Crippen LogP contribution in [-0.4, -0.2) is 19.4 Å². The fraction of sp³-hybridized carbons (Fsp3) is 0.0263. The van der Waals surface area contributed by atoms with Crippen LogP contribution >= 0.6 is 0 Å². The fourth-order valence-electron chi connectivity index (χ4n) is 6.03. The highest BCUT2D eigenvalue weighted by Crippen LogP contribution is 2.51. The standard InChI is InChI=1S/C38H27NO5S/c40-30-19-15-27(16-20-30)38(36-14-8-7-13-35(36)37(41)39(38)29-9-3-1-4-10-29)28-17-21-31(22-18-28)44-32-23-25-34(26-24-32)45(42,43)33-11-5-2-6-12-33/h1-26,40H. The first-order valence-electron chi connectivity index (χ1n) is 14.4. The molecule has 0 spiro atoms. The second-order valence-corrected chi connectivity index (χ2v) is 12.6. The lowest BCUT2D eigenvalue weighted by Crippen LogP contribution is -2.46. The van der Waals surface area contributed by atoms with Crippen LogP contribution in [0, 0.1) is 0 Å². The Morgan fingerprint density at radius 2 is 1.04 bits per heavy atom. The molecule has 0 radical (unpaired) electrons. The Hall–Kier alpha value is -5.66. The second-order valence-electron chi connectivity index (χ2n) is 10.7. The molecule has 1 N–H and O–H groups in total. The van der Waals surface area contributed by atoms with Gasteiger partial charge in [-0.1, -0.05) is 78.9 Å². The van der Waals surface area contributed by atoms with E-state index < -0.39 is 15.4 Å². The number of carbonyl (C=O) groups is 1. The zero-order chi connectivity index (χ0) is 31.0. The first-order chi connectivity index (χ1) is 21.9. The summed E-state index contributed by atoms with van der Waals surface area (Å²) in [5, 5.41) is 10.1. The quantitative estimate of drug-likeness (QED) is 0.199. The monoisotopic (exact) mass is 609 g/mol. The normalized spacial score (nSPS) is 15.9. The lowest BCUT2D eigenvalue weighted by Gasteiger charge is -2.40. The molecule has 1 amide bonds. The molecule has 0 bridgehead atoms. The van der Waals surface area contributed by atoms with Gasteiger partial charge in [0.15, 0.2) is 0 Å². The number of hydrogen-bond donors (Lipinski definition) is 1. The molecule has 45 heavy (non-hydrogen) atoms. The third-order valence-corrected chi connectivity index (χ3v) is 9.87. The van der Waals surface area contributed by atoms with E-state index in [-0.39, 0.29) is 21.4 Å². The number of amides is 1. The Morgan fingerprint density at radius 1 is 0.556 bits per heavy atom. The topological polar surface area (TPSA) is 83.9 Å². The van der Waals surface area contributed by atoms with E-state index in [0.717, 1.165) is 22.4 Å². The summed E-state index contributed by atoms with van der Waals surface area (Å²) in [4.78, 5) is 16.4. The van der Waals surface area contributed by atoms with Crippen LogP contribution in [0.3, 0.4) is 0 Å². The molecule has 0 saturated heterocycles. The molecular weight excluding hydrogens is 582 g/mol. The Labute approximate surface area is 261 Å². The average molecular weight is 610 g/mol. The van der Waals surface area contributed by atoms with Crippen molar-refractivity contribution in [2.24, 2.45) is 0 Å². The molecule has 0 fully saturated rings. The molecule has 1 heterocycles. The molecule has 1 atom stereocenters. The average Bonchev–Trinajstić information content (AvgIpc) is 3.35. The van der Waals surface area contributed by atoms with Crippen molar-refractivity contribution < 1.29 is 23.1 Å². The van der Waals surface area contributed by atoms with Crippen molar-refractivity contribution in [3.05, 3.63) is 180 Å². The minimum Gasteiger partial charge on any atom is -0.508 e. The summed E-state index contributed by atoms with van der Waals surface area (Å²) in [6.45, 7) is 0. The van der Waals surface area contributed by atoms with Crippen molar-refractivity contribution in [1.29, 1.82) is 0 Å². The van der Waals surface area contributed by atoms with E-state index in [1.165, 1.54) is 12.1 Å². The summed E-state index contributed by atoms with van der Waals surface area (Å²) in [5.41, 5.74) is 2.76.